The molecule has 0 aromatic heterocycles. The van der Waals surface area contributed by atoms with Gasteiger partial charge in [-0.25, -0.2) is 0 Å². The van der Waals surface area contributed by atoms with Crippen LogP contribution in [-0.4, -0.2) is 19.3 Å². The van der Waals surface area contributed by atoms with Gasteiger partial charge in [0.1, 0.15) is 18.5 Å². The molecule has 86 valence electrons. The van der Waals surface area contributed by atoms with Crippen LogP contribution < -0.4 is 14.2 Å². The van der Waals surface area contributed by atoms with E-state index in [1.807, 2.05) is 12.1 Å². The van der Waals surface area contributed by atoms with Crippen molar-refractivity contribution in [3.8, 4) is 17.2 Å². The standard InChI is InChI=1S/C13H16O3/c1-2-9-8-15-12-6-5-11-10(13(12)16-9)4-3-7-14-11/h5-6,9H,2-4,7-8H2,1H3. The first kappa shape index (κ1) is 9.82. The number of hydrogen-bond acceptors (Lipinski definition) is 3. The summed E-state index contributed by atoms with van der Waals surface area (Å²) in [6, 6.07) is 3.94. The minimum atomic E-state index is 0.181. The lowest BCUT2D eigenvalue weighted by Gasteiger charge is -2.29. The Balaban J connectivity index is 2.01. The zero-order valence-corrected chi connectivity index (χ0v) is 9.49. The van der Waals surface area contributed by atoms with Gasteiger partial charge < -0.3 is 14.2 Å². The van der Waals surface area contributed by atoms with Crippen molar-refractivity contribution in [2.45, 2.75) is 32.3 Å². The van der Waals surface area contributed by atoms with Gasteiger partial charge in [-0.3, -0.25) is 0 Å². The van der Waals surface area contributed by atoms with Crippen molar-refractivity contribution in [1.29, 1.82) is 0 Å². The summed E-state index contributed by atoms with van der Waals surface area (Å²) < 4.78 is 17.3. The molecule has 1 aromatic rings. The van der Waals surface area contributed by atoms with E-state index in [1.165, 1.54) is 5.56 Å². The third kappa shape index (κ3) is 1.51. The fraction of sp³-hybridized carbons (Fsp3) is 0.538. The molecule has 0 N–H and O–H groups in total. The van der Waals surface area contributed by atoms with Gasteiger partial charge in [0.05, 0.1) is 6.61 Å². The predicted molar refractivity (Wildman–Crippen MR) is 60.5 cm³/mol. The molecular weight excluding hydrogens is 204 g/mol. The maximum Gasteiger partial charge on any atom is 0.168 e. The molecule has 1 aromatic carbocycles. The zero-order valence-electron chi connectivity index (χ0n) is 9.49. The molecule has 0 spiro atoms. The van der Waals surface area contributed by atoms with Crippen LogP contribution in [0.5, 0.6) is 17.2 Å². The van der Waals surface area contributed by atoms with Crippen molar-refractivity contribution in [1.82, 2.24) is 0 Å². The van der Waals surface area contributed by atoms with Crippen LogP contribution in [-0.2, 0) is 6.42 Å². The van der Waals surface area contributed by atoms with Gasteiger partial charge >= 0.3 is 0 Å². The third-order valence-electron chi connectivity index (χ3n) is 3.17. The molecule has 1 atom stereocenters. The molecule has 0 saturated heterocycles. The Hall–Kier alpha value is -1.38. The monoisotopic (exact) mass is 220 g/mol. The Morgan fingerprint density at radius 3 is 3.00 bits per heavy atom. The van der Waals surface area contributed by atoms with Gasteiger partial charge in [0, 0.05) is 5.56 Å². The van der Waals surface area contributed by atoms with E-state index in [0.29, 0.717) is 6.61 Å². The molecule has 2 aliphatic heterocycles. The highest BCUT2D eigenvalue weighted by molar-refractivity contribution is 5.55. The number of hydrogen-bond donors (Lipinski definition) is 0. The first-order chi connectivity index (χ1) is 7.88. The molecule has 0 radical (unpaired) electrons. The second-order valence-electron chi connectivity index (χ2n) is 4.28. The summed E-state index contributed by atoms with van der Waals surface area (Å²) in [5.74, 6) is 2.75. The summed E-state index contributed by atoms with van der Waals surface area (Å²) in [5.41, 5.74) is 1.18. The average Bonchev–Trinajstić information content (AvgIpc) is 2.38. The summed E-state index contributed by atoms with van der Waals surface area (Å²) in [5, 5.41) is 0. The summed E-state index contributed by atoms with van der Waals surface area (Å²) >= 11 is 0. The second kappa shape index (κ2) is 3.89. The van der Waals surface area contributed by atoms with Gasteiger partial charge in [-0.2, -0.15) is 0 Å². The van der Waals surface area contributed by atoms with E-state index in [1.54, 1.807) is 0 Å². The fourth-order valence-corrected chi connectivity index (χ4v) is 2.22. The molecule has 3 rings (SSSR count). The quantitative estimate of drug-likeness (QED) is 0.728. The number of fused-ring (bicyclic) bond motifs is 3. The maximum absolute atomic E-state index is 5.97. The van der Waals surface area contributed by atoms with Gasteiger partial charge in [-0.15, -0.1) is 0 Å². The molecule has 0 aliphatic carbocycles. The van der Waals surface area contributed by atoms with Crippen LogP contribution in [0, 0.1) is 0 Å². The summed E-state index contributed by atoms with van der Waals surface area (Å²) in [6.07, 6.45) is 3.24. The van der Waals surface area contributed by atoms with E-state index in [-0.39, 0.29) is 6.10 Å². The van der Waals surface area contributed by atoms with Gasteiger partial charge in [0.2, 0.25) is 0 Å². The summed E-state index contributed by atoms with van der Waals surface area (Å²) in [6.45, 7) is 3.58. The Morgan fingerprint density at radius 2 is 2.12 bits per heavy atom. The molecule has 0 amide bonds. The van der Waals surface area contributed by atoms with Crippen molar-refractivity contribution < 1.29 is 14.2 Å². The van der Waals surface area contributed by atoms with Crippen LogP contribution in [0.1, 0.15) is 25.3 Å². The first-order valence-electron chi connectivity index (χ1n) is 5.96. The lowest BCUT2D eigenvalue weighted by atomic mass is 10.0. The normalized spacial score (nSPS) is 22.2. The van der Waals surface area contributed by atoms with Gasteiger partial charge in [0.15, 0.2) is 11.5 Å². The van der Waals surface area contributed by atoms with Gasteiger partial charge in [-0.1, -0.05) is 6.92 Å². The Morgan fingerprint density at radius 1 is 1.25 bits per heavy atom. The smallest absolute Gasteiger partial charge is 0.168 e. The van der Waals surface area contributed by atoms with E-state index in [0.717, 1.165) is 43.1 Å². The van der Waals surface area contributed by atoms with Crippen LogP contribution in [0.15, 0.2) is 12.1 Å². The number of rotatable bonds is 1. The molecule has 1 unspecified atom stereocenters. The highest BCUT2D eigenvalue weighted by Gasteiger charge is 2.26. The first-order valence-corrected chi connectivity index (χ1v) is 5.96. The van der Waals surface area contributed by atoms with Crippen LogP contribution in [0.3, 0.4) is 0 Å². The molecule has 2 aliphatic rings. The van der Waals surface area contributed by atoms with E-state index in [2.05, 4.69) is 6.92 Å². The van der Waals surface area contributed by atoms with Crippen LogP contribution in [0.4, 0.5) is 0 Å². The maximum atomic E-state index is 5.97. The van der Waals surface area contributed by atoms with Crippen molar-refractivity contribution in [3.05, 3.63) is 17.7 Å². The van der Waals surface area contributed by atoms with Crippen LogP contribution in [0.2, 0.25) is 0 Å². The largest absolute Gasteiger partial charge is 0.493 e. The lowest BCUT2D eigenvalue weighted by molar-refractivity contribution is 0.0856. The predicted octanol–water partition coefficient (Wildman–Crippen LogP) is 2.56. The van der Waals surface area contributed by atoms with E-state index >= 15 is 0 Å². The average molecular weight is 220 g/mol. The Kier molecular flexibility index (Phi) is 2.39. The summed E-state index contributed by atoms with van der Waals surface area (Å²) in [4.78, 5) is 0. The molecule has 0 bridgehead atoms. The van der Waals surface area contributed by atoms with Gasteiger partial charge in [0.25, 0.3) is 0 Å². The van der Waals surface area contributed by atoms with E-state index in [4.69, 9.17) is 14.2 Å². The number of benzene rings is 1. The summed E-state index contributed by atoms with van der Waals surface area (Å²) in [7, 11) is 0. The van der Waals surface area contributed by atoms with Crippen molar-refractivity contribution >= 4 is 0 Å². The molecular formula is C13H16O3. The highest BCUT2D eigenvalue weighted by Crippen LogP contribution is 2.42. The molecule has 3 heteroatoms. The van der Waals surface area contributed by atoms with Crippen LogP contribution >= 0.6 is 0 Å². The van der Waals surface area contributed by atoms with E-state index < -0.39 is 0 Å². The molecule has 0 saturated carbocycles. The molecule has 0 fully saturated rings. The minimum Gasteiger partial charge on any atom is -0.493 e. The van der Waals surface area contributed by atoms with Crippen molar-refractivity contribution in [3.63, 3.8) is 0 Å². The Labute approximate surface area is 95.3 Å². The molecule has 2 heterocycles. The topological polar surface area (TPSA) is 27.7 Å². The minimum absolute atomic E-state index is 0.181. The zero-order chi connectivity index (χ0) is 11.0. The van der Waals surface area contributed by atoms with E-state index in [9.17, 15) is 0 Å². The highest BCUT2D eigenvalue weighted by atomic mass is 16.6. The fourth-order valence-electron chi connectivity index (χ4n) is 2.22. The van der Waals surface area contributed by atoms with Crippen molar-refractivity contribution in [2.75, 3.05) is 13.2 Å². The van der Waals surface area contributed by atoms with Crippen molar-refractivity contribution in [2.24, 2.45) is 0 Å². The number of ether oxygens (including phenoxy) is 3. The Bertz CT molecular complexity index is 400. The van der Waals surface area contributed by atoms with Crippen LogP contribution in [0.25, 0.3) is 0 Å². The lowest BCUT2D eigenvalue weighted by Crippen LogP contribution is -2.29. The SMILES string of the molecule is CCC1COc2ccc3c(c2O1)CCCO3. The molecule has 3 nitrogen and oxygen atoms in total. The molecule has 16 heavy (non-hydrogen) atoms. The van der Waals surface area contributed by atoms with Gasteiger partial charge in [-0.05, 0) is 31.4 Å². The third-order valence-corrected chi connectivity index (χ3v) is 3.17. The second-order valence-corrected chi connectivity index (χ2v) is 4.28.